The normalized spacial score (nSPS) is 16.3. The smallest absolute Gasteiger partial charge is 0.281 e. The predicted molar refractivity (Wildman–Crippen MR) is 93.6 cm³/mol. The molecule has 7 nitrogen and oxygen atoms in total. The highest BCUT2D eigenvalue weighted by Gasteiger charge is 2.27. The zero-order valence-electron chi connectivity index (χ0n) is 13.4. The van der Waals surface area contributed by atoms with Crippen LogP contribution in [0.1, 0.15) is 13.0 Å². The summed E-state index contributed by atoms with van der Waals surface area (Å²) in [6.07, 6.45) is 3.00. The Hall–Kier alpha value is -3.35. The fraction of sp³-hybridized carbons (Fsp3) is 0.167. The number of hydrogen-bond acceptors (Lipinski definition) is 6. The second kappa shape index (κ2) is 4.83. The summed E-state index contributed by atoms with van der Waals surface area (Å²) in [7, 11) is 0. The number of nitrogen functional groups attached to an aromatic ring is 1. The van der Waals surface area contributed by atoms with E-state index < -0.39 is 0 Å². The molecule has 124 valence electrons. The highest BCUT2D eigenvalue weighted by molar-refractivity contribution is 6.05. The van der Waals surface area contributed by atoms with Crippen LogP contribution in [0.25, 0.3) is 33.1 Å². The van der Waals surface area contributed by atoms with Gasteiger partial charge in [0.2, 0.25) is 0 Å². The average molecular weight is 334 g/mol. The van der Waals surface area contributed by atoms with Gasteiger partial charge in [-0.25, -0.2) is 9.97 Å². The third-order valence-electron chi connectivity index (χ3n) is 4.61. The maximum atomic E-state index is 12.9. The first-order valence-corrected chi connectivity index (χ1v) is 7.94. The van der Waals surface area contributed by atoms with Crippen LogP contribution >= 0.6 is 0 Å². The number of hydrogen-bond donors (Lipinski definition) is 1. The summed E-state index contributed by atoms with van der Waals surface area (Å²) in [5, 5.41) is 0.806. The van der Waals surface area contributed by atoms with Crippen LogP contribution in [0.3, 0.4) is 0 Å². The molecule has 4 aromatic rings. The molecule has 5 rings (SSSR count). The summed E-state index contributed by atoms with van der Waals surface area (Å²) < 4.78 is 13.2. The van der Waals surface area contributed by atoms with Crippen molar-refractivity contribution >= 4 is 27.8 Å². The van der Waals surface area contributed by atoms with Gasteiger partial charge >= 0.3 is 0 Å². The van der Waals surface area contributed by atoms with Crippen molar-refractivity contribution in [3.05, 3.63) is 47.2 Å². The molecule has 0 bridgehead atoms. The van der Waals surface area contributed by atoms with Crippen LogP contribution in [0.5, 0.6) is 5.75 Å². The highest BCUT2D eigenvalue weighted by Crippen LogP contribution is 2.41. The Balaban J connectivity index is 1.95. The second-order valence-corrected chi connectivity index (χ2v) is 6.18. The number of ether oxygens (including phenoxy) is 1. The molecule has 0 radical (unpaired) electrons. The Morgan fingerprint density at radius 3 is 2.92 bits per heavy atom. The Morgan fingerprint density at radius 1 is 1.24 bits per heavy atom. The summed E-state index contributed by atoms with van der Waals surface area (Å²) in [5.74, 6) is 1.10. The molecule has 0 amide bonds. The van der Waals surface area contributed by atoms with Crippen LogP contribution in [0.2, 0.25) is 0 Å². The molecule has 0 saturated carbocycles. The van der Waals surface area contributed by atoms with Crippen molar-refractivity contribution in [3.63, 3.8) is 0 Å². The van der Waals surface area contributed by atoms with E-state index in [-0.39, 0.29) is 11.6 Å². The predicted octanol–water partition coefficient (Wildman–Crippen LogP) is 2.74. The topological polar surface area (TPSA) is 96.2 Å². The van der Waals surface area contributed by atoms with Crippen LogP contribution in [-0.2, 0) is 0 Å². The maximum Gasteiger partial charge on any atom is 0.281 e. The minimum absolute atomic E-state index is 0.0941. The first kappa shape index (κ1) is 14.0. The Kier molecular flexibility index (Phi) is 2.71. The molecule has 1 aliphatic heterocycles. The maximum absolute atomic E-state index is 12.9. The third-order valence-corrected chi connectivity index (χ3v) is 4.61. The summed E-state index contributed by atoms with van der Waals surface area (Å²) in [4.78, 5) is 21.1. The van der Waals surface area contributed by atoms with Gasteiger partial charge in [-0.3, -0.25) is 9.36 Å². The zero-order chi connectivity index (χ0) is 17.1. The van der Waals surface area contributed by atoms with Crippen molar-refractivity contribution in [2.75, 3.05) is 12.3 Å². The quantitative estimate of drug-likeness (QED) is 0.575. The Morgan fingerprint density at radius 2 is 2.12 bits per heavy atom. The van der Waals surface area contributed by atoms with Crippen molar-refractivity contribution in [3.8, 4) is 16.9 Å². The lowest BCUT2D eigenvalue weighted by atomic mass is 10.0. The Labute approximate surface area is 141 Å². The summed E-state index contributed by atoms with van der Waals surface area (Å²) in [6, 6.07) is 7.40. The van der Waals surface area contributed by atoms with Gasteiger partial charge in [0.15, 0.2) is 23.2 Å². The van der Waals surface area contributed by atoms with Crippen molar-refractivity contribution in [2.45, 2.75) is 13.0 Å². The molecular weight excluding hydrogens is 320 g/mol. The number of nitrogens with two attached hydrogens (primary N) is 1. The van der Waals surface area contributed by atoms with Gasteiger partial charge in [0.05, 0.1) is 11.6 Å². The number of anilines is 1. The molecule has 1 atom stereocenters. The van der Waals surface area contributed by atoms with E-state index in [0.29, 0.717) is 29.3 Å². The standard InChI is InChI=1S/C18H14N4O3/c1-9-7-24-17-11(10-2-5-13(19)20-6-10)3-4-12-15(17)22(9)18(23)14-16(12)25-8-21-14/h2-6,8-9H,7H2,1H3,(H2,19,20)/t9-/m0/s1. The van der Waals surface area contributed by atoms with Gasteiger partial charge in [0.25, 0.3) is 5.56 Å². The minimum Gasteiger partial charge on any atom is -0.489 e. The summed E-state index contributed by atoms with van der Waals surface area (Å²) in [6.45, 7) is 2.36. The molecular formula is C18H14N4O3. The minimum atomic E-state index is -0.166. The van der Waals surface area contributed by atoms with Crippen LogP contribution in [0.4, 0.5) is 5.82 Å². The van der Waals surface area contributed by atoms with E-state index >= 15 is 0 Å². The number of pyridine rings is 2. The number of fused-ring (bicyclic) bond motifs is 2. The van der Waals surface area contributed by atoms with Gasteiger partial charge in [0, 0.05) is 22.7 Å². The van der Waals surface area contributed by atoms with E-state index in [4.69, 9.17) is 14.9 Å². The van der Waals surface area contributed by atoms with E-state index in [9.17, 15) is 4.79 Å². The van der Waals surface area contributed by atoms with Crippen molar-refractivity contribution in [2.24, 2.45) is 0 Å². The fourth-order valence-corrected chi connectivity index (χ4v) is 3.44. The van der Waals surface area contributed by atoms with Crippen LogP contribution in [-0.4, -0.2) is 21.1 Å². The van der Waals surface area contributed by atoms with E-state index in [1.165, 1.54) is 6.39 Å². The summed E-state index contributed by atoms with van der Waals surface area (Å²) in [5.41, 5.74) is 8.80. The molecule has 7 heteroatoms. The van der Waals surface area contributed by atoms with Crippen LogP contribution in [0, 0.1) is 0 Å². The van der Waals surface area contributed by atoms with E-state index in [0.717, 1.165) is 22.0 Å². The second-order valence-electron chi connectivity index (χ2n) is 6.18. The monoisotopic (exact) mass is 334 g/mol. The van der Waals surface area contributed by atoms with Gasteiger partial charge < -0.3 is 14.9 Å². The number of benzene rings is 1. The number of nitrogens with zero attached hydrogens (tertiary/aromatic N) is 3. The molecule has 3 aromatic heterocycles. The number of oxazole rings is 1. The molecule has 0 aliphatic carbocycles. The van der Waals surface area contributed by atoms with E-state index in [1.54, 1.807) is 16.8 Å². The first-order valence-electron chi connectivity index (χ1n) is 7.94. The molecule has 2 N–H and O–H groups in total. The molecule has 0 saturated heterocycles. The van der Waals surface area contributed by atoms with Crippen molar-refractivity contribution in [1.29, 1.82) is 0 Å². The lowest BCUT2D eigenvalue weighted by Gasteiger charge is -2.27. The molecule has 25 heavy (non-hydrogen) atoms. The van der Waals surface area contributed by atoms with Gasteiger partial charge in [0.1, 0.15) is 12.4 Å². The van der Waals surface area contributed by atoms with E-state index in [2.05, 4.69) is 9.97 Å². The van der Waals surface area contributed by atoms with Gasteiger partial charge in [-0.05, 0) is 31.2 Å². The van der Waals surface area contributed by atoms with Gasteiger partial charge in [-0.2, -0.15) is 0 Å². The SMILES string of the molecule is C[C@H]1COc2c(-c3ccc(N)nc3)ccc3c4ocnc4c(=O)n1c23. The van der Waals surface area contributed by atoms with Gasteiger partial charge in [-0.15, -0.1) is 0 Å². The zero-order valence-corrected chi connectivity index (χ0v) is 13.4. The number of rotatable bonds is 1. The molecule has 0 fully saturated rings. The van der Waals surface area contributed by atoms with Crippen molar-refractivity contribution in [1.82, 2.24) is 14.5 Å². The third kappa shape index (κ3) is 1.83. The van der Waals surface area contributed by atoms with Gasteiger partial charge in [-0.1, -0.05) is 0 Å². The van der Waals surface area contributed by atoms with Crippen LogP contribution < -0.4 is 16.0 Å². The lowest BCUT2D eigenvalue weighted by molar-refractivity contribution is 0.246. The molecule has 1 aliphatic rings. The fourth-order valence-electron chi connectivity index (χ4n) is 3.44. The summed E-state index contributed by atoms with van der Waals surface area (Å²) >= 11 is 0. The Bertz CT molecular complexity index is 1190. The van der Waals surface area contributed by atoms with Crippen molar-refractivity contribution < 1.29 is 9.15 Å². The lowest BCUT2D eigenvalue weighted by Crippen LogP contribution is -2.31. The van der Waals surface area contributed by atoms with Crippen LogP contribution in [0.15, 0.2) is 46.1 Å². The molecule has 1 aromatic carbocycles. The average Bonchev–Trinajstić information content (AvgIpc) is 3.11. The molecule has 4 heterocycles. The molecule has 0 unspecified atom stereocenters. The molecule has 0 spiro atoms. The largest absolute Gasteiger partial charge is 0.489 e. The van der Waals surface area contributed by atoms with E-state index in [1.807, 2.05) is 25.1 Å². The highest BCUT2D eigenvalue weighted by atomic mass is 16.5. The first-order chi connectivity index (χ1) is 12.1. The number of aromatic nitrogens is 3.